The predicted molar refractivity (Wildman–Crippen MR) is 88.2 cm³/mol. The second kappa shape index (κ2) is 12.1. The summed E-state index contributed by atoms with van der Waals surface area (Å²) in [6, 6.07) is 0. The van der Waals surface area contributed by atoms with Crippen molar-refractivity contribution in [3.05, 3.63) is 0 Å². The maximum atomic E-state index is 6.12. The molecule has 0 aromatic rings. The minimum Gasteiger partial charge on any atom is -0.378 e. The first-order valence-corrected chi connectivity index (χ1v) is 9.24. The minimum atomic E-state index is 0.578. The summed E-state index contributed by atoms with van der Waals surface area (Å²) in [5.41, 5.74) is 0. The Hall–Kier alpha value is 0.310. The molecule has 114 valence electrons. The van der Waals surface area contributed by atoms with E-state index in [9.17, 15) is 0 Å². The van der Waals surface area contributed by atoms with Gasteiger partial charge in [-0.2, -0.15) is 12.6 Å². The summed E-state index contributed by atoms with van der Waals surface area (Å²) < 4.78 is 6.12. The second-order valence-electron chi connectivity index (χ2n) is 6.06. The average molecular weight is 287 g/mol. The van der Waals surface area contributed by atoms with Crippen LogP contribution < -0.4 is 0 Å². The highest BCUT2D eigenvalue weighted by atomic mass is 32.1. The van der Waals surface area contributed by atoms with Gasteiger partial charge < -0.3 is 4.74 Å². The van der Waals surface area contributed by atoms with Crippen molar-refractivity contribution in [3.8, 4) is 0 Å². The molecule has 1 rings (SSSR count). The van der Waals surface area contributed by atoms with Crippen LogP contribution in [-0.2, 0) is 4.74 Å². The molecule has 0 saturated heterocycles. The van der Waals surface area contributed by atoms with Gasteiger partial charge in [0.2, 0.25) is 0 Å². The number of rotatable bonds is 11. The highest BCUT2D eigenvalue weighted by Gasteiger charge is 2.23. The van der Waals surface area contributed by atoms with Crippen LogP contribution in [0.5, 0.6) is 0 Å². The van der Waals surface area contributed by atoms with Crippen LogP contribution in [0.15, 0.2) is 0 Å². The first kappa shape index (κ1) is 17.4. The van der Waals surface area contributed by atoms with Crippen molar-refractivity contribution in [1.29, 1.82) is 0 Å². The molecule has 0 aliphatic heterocycles. The quantitative estimate of drug-likeness (QED) is 0.382. The molecule has 0 aromatic carbocycles. The normalized spacial score (nSPS) is 23.7. The fraction of sp³-hybridized carbons (Fsp3) is 1.00. The van der Waals surface area contributed by atoms with E-state index in [1.54, 1.807) is 0 Å². The SMILES string of the molecule is CCC1CCCCC1OCCCCCCCCCS. The molecule has 2 unspecified atom stereocenters. The first-order chi connectivity index (χ1) is 9.38. The van der Waals surface area contributed by atoms with Gasteiger partial charge in [-0.15, -0.1) is 0 Å². The molecule has 2 heteroatoms. The maximum absolute atomic E-state index is 6.12. The van der Waals surface area contributed by atoms with Crippen LogP contribution in [-0.4, -0.2) is 18.5 Å². The summed E-state index contributed by atoms with van der Waals surface area (Å²) in [4.78, 5) is 0. The van der Waals surface area contributed by atoms with Gasteiger partial charge in [0.1, 0.15) is 0 Å². The van der Waals surface area contributed by atoms with Gasteiger partial charge in [0, 0.05) is 6.61 Å². The summed E-state index contributed by atoms with van der Waals surface area (Å²) >= 11 is 4.24. The largest absolute Gasteiger partial charge is 0.378 e. The van der Waals surface area contributed by atoms with Crippen molar-refractivity contribution in [2.45, 2.75) is 90.1 Å². The molecule has 2 atom stereocenters. The van der Waals surface area contributed by atoms with E-state index in [-0.39, 0.29) is 0 Å². The molecule has 1 nitrogen and oxygen atoms in total. The molecule has 1 fully saturated rings. The molecule has 0 amide bonds. The monoisotopic (exact) mass is 286 g/mol. The van der Waals surface area contributed by atoms with E-state index in [0.717, 1.165) is 18.3 Å². The third kappa shape index (κ3) is 8.24. The van der Waals surface area contributed by atoms with E-state index in [1.807, 2.05) is 0 Å². The zero-order valence-electron chi connectivity index (χ0n) is 12.9. The lowest BCUT2D eigenvalue weighted by atomic mass is 9.85. The van der Waals surface area contributed by atoms with Gasteiger partial charge >= 0.3 is 0 Å². The lowest BCUT2D eigenvalue weighted by Crippen LogP contribution is -2.27. The van der Waals surface area contributed by atoms with E-state index in [1.165, 1.54) is 77.0 Å². The van der Waals surface area contributed by atoms with Gasteiger partial charge in [0.25, 0.3) is 0 Å². The Morgan fingerprint density at radius 3 is 2.21 bits per heavy atom. The van der Waals surface area contributed by atoms with Gasteiger partial charge in [-0.1, -0.05) is 58.3 Å². The summed E-state index contributed by atoms with van der Waals surface area (Å²) in [5.74, 6) is 1.89. The van der Waals surface area contributed by atoms with Crippen LogP contribution in [0.2, 0.25) is 0 Å². The molecular weight excluding hydrogens is 252 g/mol. The Bertz CT molecular complexity index is 196. The zero-order chi connectivity index (χ0) is 13.8. The molecule has 0 bridgehead atoms. The lowest BCUT2D eigenvalue weighted by molar-refractivity contribution is -0.0135. The number of hydrogen-bond donors (Lipinski definition) is 1. The Morgan fingerprint density at radius 2 is 1.53 bits per heavy atom. The Labute approximate surface area is 126 Å². The molecule has 1 aliphatic rings. The Balaban J connectivity index is 1.89. The number of hydrogen-bond acceptors (Lipinski definition) is 2. The minimum absolute atomic E-state index is 0.578. The Kier molecular flexibility index (Phi) is 11.0. The van der Waals surface area contributed by atoms with Crippen LogP contribution in [0.1, 0.15) is 84.0 Å². The van der Waals surface area contributed by atoms with Gasteiger partial charge in [-0.05, 0) is 37.4 Å². The van der Waals surface area contributed by atoms with Gasteiger partial charge in [0.15, 0.2) is 0 Å². The number of ether oxygens (including phenoxy) is 1. The van der Waals surface area contributed by atoms with Gasteiger partial charge in [0.05, 0.1) is 6.10 Å². The van der Waals surface area contributed by atoms with E-state index in [4.69, 9.17) is 4.74 Å². The van der Waals surface area contributed by atoms with E-state index >= 15 is 0 Å². The van der Waals surface area contributed by atoms with Crippen LogP contribution >= 0.6 is 12.6 Å². The first-order valence-electron chi connectivity index (χ1n) is 8.61. The lowest BCUT2D eigenvalue weighted by Gasteiger charge is -2.30. The van der Waals surface area contributed by atoms with Crippen LogP contribution in [0.25, 0.3) is 0 Å². The zero-order valence-corrected chi connectivity index (χ0v) is 13.8. The second-order valence-corrected chi connectivity index (χ2v) is 6.51. The maximum Gasteiger partial charge on any atom is 0.0603 e. The van der Waals surface area contributed by atoms with Crippen molar-refractivity contribution in [3.63, 3.8) is 0 Å². The van der Waals surface area contributed by atoms with Gasteiger partial charge in [-0.3, -0.25) is 0 Å². The third-order valence-corrected chi connectivity index (χ3v) is 4.81. The van der Waals surface area contributed by atoms with Crippen molar-refractivity contribution < 1.29 is 4.74 Å². The molecule has 1 aliphatic carbocycles. The highest BCUT2D eigenvalue weighted by molar-refractivity contribution is 7.80. The summed E-state index contributed by atoms with van der Waals surface area (Å²) in [6.45, 7) is 3.31. The van der Waals surface area contributed by atoms with E-state index in [0.29, 0.717) is 6.10 Å². The fourth-order valence-electron chi connectivity index (χ4n) is 3.19. The Morgan fingerprint density at radius 1 is 0.895 bits per heavy atom. The molecule has 1 saturated carbocycles. The topological polar surface area (TPSA) is 9.23 Å². The molecular formula is C17H34OS. The number of unbranched alkanes of at least 4 members (excludes halogenated alkanes) is 6. The van der Waals surface area contributed by atoms with Crippen LogP contribution in [0.3, 0.4) is 0 Å². The van der Waals surface area contributed by atoms with E-state index < -0.39 is 0 Å². The predicted octanol–water partition coefficient (Wildman–Crippen LogP) is 5.63. The van der Waals surface area contributed by atoms with Crippen molar-refractivity contribution in [1.82, 2.24) is 0 Å². The van der Waals surface area contributed by atoms with Crippen LogP contribution in [0.4, 0.5) is 0 Å². The fourth-order valence-corrected chi connectivity index (χ4v) is 3.42. The third-order valence-electron chi connectivity index (χ3n) is 4.50. The molecule has 0 radical (unpaired) electrons. The molecule has 19 heavy (non-hydrogen) atoms. The van der Waals surface area contributed by atoms with Crippen molar-refractivity contribution in [2.75, 3.05) is 12.4 Å². The average Bonchev–Trinajstić information content (AvgIpc) is 2.46. The summed E-state index contributed by atoms with van der Waals surface area (Å²) in [7, 11) is 0. The molecule has 0 spiro atoms. The molecule has 0 N–H and O–H groups in total. The summed E-state index contributed by atoms with van der Waals surface area (Å²) in [6.07, 6.45) is 16.8. The van der Waals surface area contributed by atoms with Crippen molar-refractivity contribution in [2.24, 2.45) is 5.92 Å². The standard InChI is InChI=1S/C17H34OS/c1-2-16-12-8-9-13-17(16)18-14-10-6-4-3-5-7-11-15-19/h16-17,19H,2-15H2,1H3. The van der Waals surface area contributed by atoms with Gasteiger partial charge in [-0.25, -0.2) is 0 Å². The van der Waals surface area contributed by atoms with E-state index in [2.05, 4.69) is 19.6 Å². The number of thiol groups is 1. The molecule has 0 heterocycles. The summed E-state index contributed by atoms with van der Waals surface area (Å²) in [5, 5.41) is 0. The highest BCUT2D eigenvalue weighted by Crippen LogP contribution is 2.29. The van der Waals surface area contributed by atoms with Crippen molar-refractivity contribution >= 4 is 12.6 Å². The van der Waals surface area contributed by atoms with Crippen LogP contribution in [0, 0.1) is 5.92 Å². The smallest absolute Gasteiger partial charge is 0.0603 e. The molecule has 0 aromatic heterocycles.